The van der Waals surface area contributed by atoms with E-state index in [1.165, 1.54) is 0 Å². The highest BCUT2D eigenvalue weighted by molar-refractivity contribution is 6.69. The number of allylic oxidation sites excluding steroid dienone is 1. The van der Waals surface area contributed by atoms with Gasteiger partial charge in [0.1, 0.15) is 0 Å². The van der Waals surface area contributed by atoms with E-state index in [4.69, 9.17) is 9.16 Å². The topological polar surface area (TPSA) is 35.5 Å². The first-order valence-corrected chi connectivity index (χ1v) is 12.3. The van der Waals surface area contributed by atoms with Gasteiger partial charge in [0, 0.05) is 11.3 Å². The van der Waals surface area contributed by atoms with E-state index in [1.54, 1.807) is 6.08 Å². The van der Waals surface area contributed by atoms with Gasteiger partial charge in [-0.25, -0.2) is 0 Å². The van der Waals surface area contributed by atoms with E-state index in [-0.39, 0.29) is 34.9 Å². The summed E-state index contributed by atoms with van der Waals surface area (Å²) in [6, 6.07) is 0. The highest BCUT2D eigenvalue weighted by atomic mass is 28.4. The molecule has 0 aromatic rings. The van der Waals surface area contributed by atoms with Crippen LogP contribution in [0.5, 0.6) is 0 Å². The Bertz CT molecular complexity index is 486. The fourth-order valence-electron chi connectivity index (χ4n) is 4.27. The summed E-state index contributed by atoms with van der Waals surface area (Å²) in [5.74, 6) is 0.595. The maximum atomic E-state index is 12.4. The lowest BCUT2D eigenvalue weighted by Gasteiger charge is -2.46. The van der Waals surface area contributed by atoms with Crippen LogP contribution in [0.25, 0.3) is 0 Å². The van der Waals surface area contributed by atoms with Gasteiger partial charge in [-0.05, 0) is 65.2 Å². The van der Waals surface area contributed by atoms with Crippen LogP contribution >= 0.6 is 0 Å². The van der Waals surface area contributed by atoms with Crippen molar-refractivity contribution in [2.24, 2.45) is 17.3 Å². The highest BCUT2D eigenvalue weighted by Crippen LogP contribution is 2.54. The van der Waals surface area contributed by atoms with E-state index >= 15 is 0 Å². The molecule has 0 aromatic heterocycles. The van der Waals surface area contributed by atoms with Gasteiger partial charge >= 0.3 is 0 Å². The summed E-state index contributed by atoms with van der Waals surface area (Å²) >= 11 is 0. The van der Waals surface area contributed by atoms with Crippen molar-refractivity contribution >= 4 is 14.1 Å². The van der Waals surface area contributed by atoms with Crippen molar-refractivity contribution in [3.8, 4) is 0 Å². The molecular weight excluding hydrogens is 304 g/mol. The number of hydrogen-bond donors (Lipinski definition) is 0. The molecule has 1 saturated carbocycles. The Hall–Kier alpha value is -0.453. The third-order valence-electron chi connectivity index (χ3n) is 5.31. The molecule has 5 atom stereocenters. The summed E-state index contributed by atoms with van der Waals surface area (Å²) in [5.41, 5.74) is -0.328. The summed E-state index contributed by atoms with van der Waals surface area (Å²) in [7, 11) is -1.72. The molecule has 4 heteroatoms. The van der Waals surface area contributed by atoms with Gasteiger partial charge in [-0.3, -0.25) is 4.79 Å². The van der Waals surface area contributed by atoms with Crippen LogP contribution in [0.1, 0.15) is 47.5 Å². The van der Waals surface area contributed by atoms with Gasteiger partial charge in [-0.2, -0.15) is 0 Å². The quantitative estimate of drug-likeness (QED) is 0.707. The van der Waals surface area contributed by atoms with Crippen LogP contribution in [0.2, 0.25) is 19.6 Å². The van der Waals surface area contributed by atoms with E-state index in [0.29, 0.717) is 5.92 Å². The van der Waals surface area contributed by atoms with E-state index in [1.807, 2.05) is 6.08 Å². The molecule has 0 saturated heterocycles. The number of carbonyl (C=O) groups excluding carboxylic acids is 1. The molecular formula is C19H34O3Si. The molecule has 3 nitrogen and oxygen atoms in total. The average Bonchev–Trinajstić information content (AvgIpc) is 2.64. The fourth-order valence-corrected chi connectivity index (χ4v) is 5.37. The monoisotopic (exact) mass is 338 g/mol. The van der Waals surface area contributed by atoms with Gasteiger partial charge in [0.15, 0.2) is 14.1 Å². The lowest BCUT2D eigenvalue weighted by atomic mass is 9.69. The third-order valence-corrected chi connectivity index (χ3v) is 6.27. The minimum absolute atomic E-state index is 0.0390. The Morgan fingerprint density at radius 2 is 1.83 bits per heavy atom. The normalized spacial score (nSPS) is 38.5. The molecule has 132 valence electrons. The maximum absolute atomic E-state index is 12.4. The molecule has 0 N–H and O–H groups in total. The van der Waals surface area contributed by atoms with Gasteiger partial charge in [0.25, 0.3) is 0 Å². The van der Waals surface area contributed by atoms with Crippen LogP contribution in [0, 0.1) is 17.3 Å². The second-order valence-electron chi connectivity index (χ2n) is 9.47. The zero-order valence-electron chi connectivity index (χ0n) is 16.1. The molecule has 0 bridgehead atoms. The molecule has 23 heavy (non-hydrogen) atoms. The summed E-state index contributed by atoms with van der Waals surface area (Å²) < 4.78 is 13.0. The molecule has 0 heterocycles. The molecule has 0 spiro atoms. The first-order chi connectivity index (χ1) is 10.3. The van der Waals surface area contributed by atoms with Gasteiger partial charge < -0.3 is 9.16 Å². The lowest BCUT2D eigenvalue weighted by Crippen LogP contribution is -2.51. The Balaban J connectivity index is 2.42. The van der Waals surface area contributed by atoms with Crippen molar-refractivity contribution in [1.82, 2.24) is 0 Å². The number of hydrogen-bond acceptors (Lipinski definition) is 3. The van der Waals surface area contributed by atoms with Crippen LogP contribution in [0.3, 0.4) is 0 Å². The van der Waals surface area contributed by atoms with Gasteiger partial charge in [0.05, 0.1) is 17.8 Å². The molecule has 1 fully saturated rings. The average molecular weight is 339 g/mol. The maximum Gasteiger partial charge on any atom is 0.184 e. The number of ketones is 1. The summed E-state index contributed by atoms with van der Waals surface area (Å²) in [5, 5.41) is 0. The predicted molar refractivity (Wildman–Crippen MR) is 97.0 cm³/mol. The molecule has 2 aliphatic rings. The predicted octanol–water partition coefficient (Wildman–Crippen LogP) is 4.58. The van der Waals surface area contributed by atoms with Gasteiger partial charge in [-0.15, -0.1) is 0 Å². The largest absolute Gasteiger partial charge is 0.411 e. The standard InChI is InChI=1S/C19H34O3Si/c1-13-14-9-11-16(21-18(2,3)4)19(14,5)17(12-10-15(13)20)22-23(6,7)8/h10,12-14,16-17H,9,11H2,1-8H3/t13-,14?,16-,17-,19-/m0/s1. The Labute approximate surface area is 142 Å². The number of carbonyl (C=O) groups is 1. The van der Waals surface area contributed by atoms with Crippen LogP contribution in [0.4, 0.5) is 0 Å². The molecule has 0 aliphatic heterocycles. The van der Waals surface area contributed by atoms with Crippen molar-refractivity contribution in [3.05, 3.63) is 12.2 Å². The second kappa shape index (κ2) is 6.12. The fraction of sp³-hybridized carbons (Fsp3) is 0.842. The van der Waals surface area contributed by atoms with E-state index in [2.05, 4.69) is 54.3 Å². The van der Waals surface area contributed by atoms with Crippen molar-refractivity contribution < 1.29 is 14.0 Å². The van der Waals surface area contributed by atoms with Crippen molar-refractivity contribution in [1.29, 1.82) is 0 Å². The Morgan fingerprint density at radius 1 is 1.22 bits per heavy atom. The molecule has 2 aliphatic carbocycles. The van der Waals surface area contributed by atoms with Gasteiger partial charge in [-0.1, -0.05) is 19.9 Å². The molecule has 1 unspecified atom stereocenters. The van der Waals surface area contributed by atoms with Crippen LogP contribution in [0.15, 0.2) is 12.2 Å². The molecule has 0 amide bonds. The smallest absolute Gasteiger partial charge is 0.184 e. The van der Waals surface area contributed by atoms with E-state index in [9.17, 15) is 4.79 Å². The van der Waals surface area contributed by atoms with E-state index in [0.717, 1.165) is 12.8 Å². The summed E-state index contributed by atoms with van der Waals surface area (Å²) in [6.07, 6.45) is 5.91. The number of rotatable bonds is 3. The number of ether oxygens (including phenoxy) is 1. The Morgan fingerprint density at radius 3 is 2.35 bits per heavy atom. The zero-order chi connectivity index (χ0) is 17.6. The molecule has 2 rings (SSSR count). The SMILES string of the molecule is C[C@@H]1C(=O)C=C[C@H](O[Si](C)(C)C)[C@@]2(C)C1CC[C@@H]2OC(C)(C)C. The summed E-state index contributed by atoms with van der Waals surface area (Å²) in [6.45, 7) is 17.3. The van der Waals surface area contributed by atoms with Crippen LogP contribution in [-0.4, -0.2) is 31.9 Å². The summed E-state index contributed by atoms with van der Waals surface area (Å²) in [4.78, 5) is 12.4. The van der Waals surface area contributed by atoms with Crippen molar-refractivity contribution in [2.75, 3.05) is 0 Å². The van der Waals surface area contributed by atoms with Gasteiger partial charge in [0.2, 0.25) is 0 Å². The van der Waals surface area contributed by atoms with Crippen LogP contribution < -0.4 is 0 Å². The number of fused-ring (bicyclic) bond motifs is 1. The zero-order valence-corrected chi connectivity index (χ0v) is 17.1. The second-order valence-corrected chi connectivity index (χ2v) is 13.9. The molecule has 0 aromatic carbocycles. The van der Waals surface area contributed by atoms with Crippen molar-refractivity contribution in [2.45, 2.75) is 84.9 Å². The minimum Gasteiger partial charge on any atom is -0.411 e. The van der Waals surface area contributed by atoms with Crippen molar-refractivity contribution in [3.63, 3.8) is 0 Å². The highest BCUT2D eigenvalue weighted by Gasteiger charge is 2.56. The first kappa shape index (κ1) is 18.9. The van der Waals surface area contributed by atoms with E-state index < -0.39 is 8.32 Å². The minimum atomic E-state index is -1.72. The third kappa shape index (κ3) is 3.97. The van der Waals surface area contributed by atoms with Crippen LogP contribution in [-0.2, 0) is 14.0 Å². The molecule has 0 radical (unpaired) electrons. The lowest BCUT2D eigenvalue weighted by molar-refractivity contribution is -0.139. The Kier molecular flexibility index (Phi) is 5.03. The first-order valence-electron chi connectivity index (χ1n) is 8.92.